The molecular formula is C12H16INO2. The van der Waals surface area contributed by atoms with Crippen LogP contribution in [0.1, 0.15) is 18.5 Å². The fraction of sp³-hybridized carbons (Fsp3) is 0.583. The van der Waals surface area contributed by atoms with Crippen molar-refractivity contribution in [3.05, 3.63) is 21.5 Å². The monoisotopic (exact) mass is 333 g/mol. The Kier molecular flexibility index (Phi) is 4.40. The normalized spacial score (nSPS) is 17.4. The van der Waals surface area contributed by atoms with Crippen molar-refractivity contribution in [3.63, 3.8) is 0 Å². The van der Waals surface area contributed by atoms with Crippen LogP contribution in [0.5, 0.6) is 5.75 Å². The quantitative estimate of drug-likeness (QED) is 0.630. The Bertz CT molecular complexity index is 351. The number of aromatic nitrogens is 1. The highest BCUT2D eigenvalue weighted by atomic mass is 127. The third-order valence-corrected chi connectivity index (χ3v) is 3.54. The van der Waals surface area contributed by atoms with Crippen molar-refractivity contribution in [2.45, 2.75) is 19.8 Å². The lowest BCUT2D eigenvalue weighted by Gasteiger charge is -2.22. The Morgan fingerprint density at radius 2 is 2.19 bits per heavy atom. The molecule has 1 aliphatic rings. The van der Waals surface area contributed by atoms with E-state index in [2.05, 4.69) is 27.6 Å². The van der Waals surface area contributed by atoms with E-state index in [-0.39, 0.29) is 0 Å². The summed E-state index contributed by atoms with van der Waals surface area (Å²) in [6, 6.07) is 3.99. The van der Waals surface area contributed by atoms with Gasteiger partial charge in [0, 0.05) is 18.9 Å². The molecule has 0 N–H and O–H groups in total. The summed E-state index contributed by atoms with van der Waals surface area (Å²) in [5.41, 5.74) is 1.03. The summed E-state index contributed by atoms with van der Waals surface area (Å²) in [5.74, 6) is 1.53. The molecule has 1 aromatic rings. The van der Waals surface area contributed by atoms with Gasteiger partial charge in [-0.15, -0.1) is 0 Å². The minimum atomic E-state index is 0.630. The van der Waals surface area contributed by atoms with Gasteiger partial charge in [-0.1, -0.05) is 0 Å². The van der Waals surface area contributed by atoms with Crippen LogP contribution in [0.2, 0.25) is 0 Å². The van der Waals surface area contributed by atoms with Crippen LogP contribution in [0, 0.1) is 16.5 Å². The van der Waals surface area contributed by atoms with Gasteiger partial charge in [-0.2, -0.15) is 0 Å². The maximum absolute atomic E-state index is 5.81. The number of rotatable bonds is 3. The highest BCUT2D eigenvalue weighted by Gasteiger charge is 2.15. The second-order valence-electron chi connectivity index (χ2n) is 4.11. The number of aryl methyl sites for hydroxylation is 1. The van der Waals surface area contributed by atoms with Gasteiger partial charge in [0.15, 0.2) is 5.75 Å². The van der Waals surface area contributed by atoms with Crippen LogP contribution in [0.15, 0.2) is 12.1 Å². The van der Waals surface area contributed by atoms with Crippen LogP contribution < -0.4 is 4.74 Å². The van der Waals surface area contributed by atoms with Gasteiger partial charge >= 0.3 is 0 Å². The molecule has 0 spiro atoms. The van der Waals surface area contributed by atoms with Crippen molar-refractivity contribution in [3.8, 4) is 5.75 Å². The molecule has 1 saturated heterocycles. The summed E-state index contributed by atoms with van der Waals surface area (Å²) >= 11 is 2.22. The Balaban J connectivity index is 1.88. The number of hydrogen-bond donors (Lipinski definition) is 0. The van der Waals surface area contributed by atoms with Crippen LogP contribution >= 0.6 is 22.6 Å². The summed E-state index contributed by atoms with van der Waals surface area (Å²) in [6.07, 6.45) is 2.21. The molecule has 0 radical (unpaired) electrons. The molecule has 2 heterocycles. The predicted octanol–water partition coefficient (Wildman–Crippen LogP) is 2.80. The van der Waals surface area contributed by atoms with Crippen LogP contribution in [0.4, 0.5) is 0 Å². The topological polar surface area (TPSA) is 31.4 Å². The predicted molar refractivity (Wildman–Crippen MR) is 70.7 cm³/mol. The zero-order valence-corrected chi connectivity index (χ0v) is 11.6. The van der Waals surface area contributed by atoms with Gasteiger partial charge in [0.1, 0.15) is 3.70 Å². The molecule has 88 valence electrons. The van der Waals surface area contributed by atoms with E-state index in [4.69, 9.17) is 9.47 Å². The molecule has 0 unspecified atom stereocenters. The first-order valence-corrected chi connectivity index (χ1v) is 6.67. The van der Waals surface area contributed by atoms with Gasteiger partial charge in [0.25, 0.3) is 0 Å². The molecule has 3 nitrogen and oxygen atoms in total. The molecule has 1 aromatic heterocycles. The molecule has 0 amide bonds. The molecule has 0 aliphatic carbocycles. The van der Waals surface area contributed by atoms with Crippen LogP contribution in [0.3, 0.4) is 0 Å². The summed E-state index contributed by atoms with van der Waals surface area (Å²) in [4.78, 5) is 4.37. The summed E-state index contributed by atoms with van der Waals surface area (Å²) in [7, 11) is 0. The number of ether oxygens (including phenoxy) is 2. The zero-order valence-electron chi connectivity index (χ0n) is 9.41. The average Bonchev–Trinajstić information content (AvgIpc) is 2.29. The van der Waals surface area contributed by atoms with Crippen molar-refractivity contribution >= 4 is 22.6 Å². The second-order valence-corrected chi connectivity index (χ2v) is 5.13. The first kappa shape index (κ1) is 12.1. The SMILES string of the molecule is Cc1ccc(OCC2CCOCC2)c(I)n1. The van der Waals surface area contributed by atoms with Crippen molar-refractivity contribution in [2.75, 3.05) is 19.8 Å². The highest BCUT2D eigenvalue weighted by molar-refractivity contribution is 14.1. The molecule has 1 fully saturated rings. The molecule has 4 heteroatoms. The molecule has 2 rings (SSSR count). The smallest absolute Gasteiger partial charge is 0.151 e. The fourth-order valence-electron chi connectivity index (χ4n) is 1.74. The molecule has 0 saturated carbocycles. The third-order valence-electron chi connectivity index (χ3n) is 2.77. The lowest BCUT2D eigenvalue weighted by atomic mass is 10.0. The van der Waals surface area contributed by atoms with Crippen molar-refractivity contribution in [1.29, 1.82) is 0 Å². The van der Waals surface area contributed by atoms with E-state index in [0.717, 1.165) is 47.8 Å². The van der Waals surface area contributed by atoms with Crippen molar-refractivity contribution in [2.24, 2.45) is 5.92 Å². The standard InChI is InChI=1S/C12H16INO2/c1-9-2-3-11(12(13)14-9)16-8-10-4-6-15-7-5-10/h2-3,10H,4-8H2,1H3. The Morgan fingerprint density at radius 1 is 1.44 bits per heavy atom. The maximum Gasteiger partial charge on any atom is 0.151 e. The number of halogens is 1. The number of nitrogens with zero attached hydrogens (tertiary/aromatic N) is 1. The van der Waals surface area contributed by atoms with E-state index in [1.807, 2.05) is 19.1 Å². The molecule has 1 aliphatic heterocycles. The first-order valence-electron chi connectivity index (χ1n) is 5.59. The second kappa shape index (κ2) is 5.82. The maximum atomic E-state index is 5.81. The van der Waals surface area contributed by atoms with E-state index >= 15 is 0 Å². The zero-order chi connectivity index (χ0) is 11.4. The molecule has 16 heavy (non-hydrogen) atoms. The number of pyridine rings is 1. The lowest BCUT2D eigenvalue weighted by molar-refractivity contribution is 0.0495. The van der Waals surface area contributed by atoms with Gasteiger partial charge in [-0.3, -0.25) is 0 Å². The minimum absolute atomic E-state index is 0.630. The van der Waals surface area contributed by atoms with E-state index in [1.165, 1.54) is 0 Å². The lowest BCUT2D eigenvalue weighted by Crippen LogP contribution is -2.21. The first-order chi connectivity index (χ1) is 7.75. The van der Waals surface area contributed by atoms with Crippen LogP contribution in [-0.2, 0) is 4.74 Å². The van der Waals surface area contributed by atoms with E-state index in [9.17, 15) is 0 Å². The molecular weight excluding hydrogens is 317 g/mol. The Labute approximate surface area is 110 Å². The van der Waals surface area contributed by atoms with Gasteiger partial charge < -0.3 is 9.47 Å². The molecule has 0 atom stereocenters. The third kappa shape index (κ3) is 3.31. The fourth-order valence-corrected chi connectivity index (χ4v) is 2.46. The largest absolute Gasteiger partial charge is 0.491 e. The molecule has 0 bridgehead atoms. The highest BCUT2D eigenvalue weighted by Crippen LogP contribution is 2.21. The Hall–Kier alpha value is -0.360. The van der Waals surface area contributed by atoms with Gasteiger partial charge in [-0.25, -0.2) is 4.98 Å². The van der Waals surface area contributed by atoms with E-state index < -0.39 is 0 Å². The minimum Gasteiger partial charge on any atom is -0.491 e. The van der Waals surface area contributed by atoms with Crippen molar-refractivity contribution in [1.82, 2.24) is 4.98 Å². The van der Waals surface area contributed by atoms with Gasteiger partial charge in [0.2, 0.25) is 0 Å². The van der Waals surface area contributed by atoms with Crippen LogP contribution in [0.25, 0.3) is 0 Å². The summed E-state index contributed by atoms with van der Waals surface area (Å²) < 4.78 is 12.1. The van der Waals surface area contributed by atoms with E-state index in [0.29, 0.717) is 5.92 Å². The van der Waals surface area contributed by atoms with E-state index in [1.54, 1.807) is 0 Å². The number of hydrogen-bond acceptors (Lipinski definition) is 3. The molecule has 0 aromatic carbocycles. The van der Waals surface area contributed by atoms with Crippen molar-refractivity contribution < 1.29 is 9.47 Å². The van der Waals surface area contributed by atoms with Gasteiger partial charge in [0.05, 0.1) is 6.61 Å². The summed E-state index contributed by atoms with van der Waals surface area (Å²) in [6.45, 7) is 4.52. The van der Waals surface area contributed by atoms with Crippen LogP contribution in [-0.4, -0.2) is 24.8 Å². The Morgan fingerprint density at radius 3 is 2.88 bits per heavy atom. The van der Waals surface area contributed by atoms with Gasteiger partial charge in [-0.05, 0) is 60.4 Å². The summed E-state index contributed by atoms with van der Waals surface area (Å²) in [5, 5.41) is 0. The average molecular weight is 333 g/mol.